The van der Waals surface area contributed by atoms with Gasteiger partial charge in [0, 0.05) is 18.5 Å². The van der Waals surface area contributed by atoms with Crippen LogP contribution in [0.15, 0.2) is 53.4 Å². The molecule has 0 aliphatic heterocycles. The van der Waals surface area contributed by atoms with Crippen LogP contribution in [0.4, 0.5) is 5.13 Å². The van der Waals surface area contributed by atoms with E-state index in [1.165, 1.54) is 17.4 Å². The highest BCUT2D eigenvalue weighted by molar-refractivity contribution is 7.90. The molecule has 0 bridgehead atoms. The smallest absolute Gasteiger partial charge is 0.355 e. The van der Waals surface area contributed by atoms with Crippen molar-refractivity contribution in [3.05, 3.63) is 76.6 Å². The summed E-state index contributed by atoms with van der Waals surface area (Å²) in [5.41, 5.74) is 3.43. The first-order valence-electron chi connectivity index (χ1n) is 10.9. The second-order valence-corrected chi connectivity index (χ2v) is 11.1. The molecule has 0 unspecified atom stereocenters. The van der Waals surface area contributed by atoms with E-state index in [0.717, 1.165) is 11.8 Å². The summed E-state index contributed by atoms with van der Waals surface area (Å²) >= 11 is 1.18. The minimum absolute atomic E-state index is 0.190. The maximum absolute atomic E-state index is 13.4. The molecule has 1 amide bonds. The molecule has 2 aromatic carbocycles. The Morgan fingerprint density at radius 1 is 1.11 bits per heavy atom. The third-order valence-corrected chi connectivity index (χ3v) is 7.70. The number of fused-ring (bicyclic) bond motifs is 1. The number of benzene rings is 2. The van der Waals surface area contributed by atoms with Crippen LogP contribution in [0, 0.1) is 13.8 Å². The fourth-order valence-electron chi connectivity index (χ4n) is 4.00. The molecular weight excluding hydrogens is 486 g/mol. The molecule has 4 rings (SSSR count). The summed E-state index contributed by atoms with van der Waals surface area (Å²) in [5.74, 6) is -0.892. The van der Waals surface area contributed by atoms with Gasteiger partial charge in [0.2, 0.25) is 0 Å². The zero-order valence-corrected chi connectivity index (χ0v) is 21.4. The molecule has 0 fully saturated rings. The average Bonchev–Trinajstić information content (AvgIpc) is 3.30. The first kappa shape index (κ1) is 24.6. The van der Waals surface area contributed by atoms with Crippen LogP contribution in [0.25, 0.3) is 10.2 Å². The van der Waals surface area contributed by atoms with Gasteiger partial charge in [0.25, 0.3) is 5.91 Å². The molecule has 0 aliphatic carbocycles. The topological polar surface area (TPSA) is 107 Å². The fourth-order valence-corrected chi connectivity index (χ4v) is 5.63. The predicted molar refractivity (Wildman–Crippen MR) is 136 cm³/mol. The maximum Gasteiger partial charge on any atom is 0.355 e. The lowest BCUT2D eigenvalue weighted by molar-refractivity contribution is 0.0513. The van der Waals surface area contributed by atoms with Gasteiger partial charge >= 0.3 is 5.97 Å². The van der Waals surface area contributed by atoms with Crippen LogP contribution < -0.4 is 5.32 Å². The summed E-state index contributed by atoms with van der Waals surface area (Å²) in [7, 11) is -3.36. The molecule has 10 heteroatoms. The van der Waals surface area contributed by atoms with Crippen molar-refractivity contribution in [1.29, 1.82) is 0 Å². The number of ether oxygens (including phenoxy) is 1. The highest BCUT2D eigenvalue weighted by Crippen LogP contribution is 2.30. The van der Waals surface area contributed by atoms with Crippen molar-refractivity contribution < 1.29 is 22.7 Å². The largest absolute Gasteiger partial charge is 0.461 e. The van der Waals surface area contributed by atoms with Crippen LogP contribution in [-0.2, 0) is 21.1 Å². The number of nitrogens with one attached hydrogen (secondary N) is 1. The molecule has 0 atom stereocenters. The van der Waals surface area contributed by atoms with E-state index in [1.54, 1.807) is 37.5 Å². The van der Waals surface area contributed by atoms with Gasteiger partial charge in [-0.05, 0) is 50.1 Å². The third kappa shape index (κ3) is 4.98. The molecule has 2 heterocycles. The Morgan fingerprint density at radius 2 is 1.83 bits per heavy atom. The maximum atomic E-state index is 13.4. The summed E-state index contributed by atoms with van der Waals surface area (Å²) in [5, 5.41) is 3.15. The molecule has 35 heavy (non-hydrogen) atoms. The summed E-state index contributed by atoms with van der Waals surface area (Å²) < 4.78 is 31.4. The van der Waals surface area contributed by atoms with Crippen molar-refractivity contribution >= 4 is 48.4 Å². The van der Waals surface area contributed by atoms with E-state index in [1.807, 2.05) is 30.3 Å². The number of aromatic nitrogens is 2. The number of carbonyl (C=O) groups is 2. The van der Waals surface area contributed by atoms with E-state index in [9.17, 15) is 18.0 Å². The molecule has 182 valence electrons. The minimum atomic E-state index is -3.36. The second kappa shape index (κ2) is 9.63. The highest BCUT2D eigenvalue weighted by atomic mass is 32.2. The Bertz CT molecular complexity index is 1540. The number of hydrogen-bond donors (Lipinski definition) is 1. The number of carbonyl (C=O) groups excluding carboxylic acids is 2. The van der Waals surface area contributed by atoms with Gasteiger partial charge in [-0.3, -0.25) is 10.1 Å². The zero-order chi connectivity index (χ0) is 25.3. The number of amides is 1. The standard InChI is InChI=1S/C25H25N3O5S2/c1-5-33-24(30)22-15(2)21(16(3)28(22)14-17-9-7-6-8-10-17)23(29)27-25-26-19-12-11-18(35(4,31)32)13-20(19)34-25/h6-13H,5,14H2,1-4H3,(H,26,27,29). The van der Waals surface area contributed by atoms with Crippen molar-refractivity contribution in [3.63, 3.8) is 0 Å². The molecule has 0 saturated carbocycles. The molecule has 0 aliphatic rings. The van der Waals surface area contributed by atoms with E-state index >= 15 is 0 Å². The van der Waals surface area contributed by atoms with Crippen LogP contribution in [0.3, 0.4) is 0 Å². The van der Waals surface area contributed by atoms with Crippen LogP contribution >= 0.6 is 11.3 Å². The molecule has 0 radical (unpaired) electrons. The van der Waals surface area contributed by atoms with Crippen molar-refractivity contribution in [1.82, 2.24) is 9.55 Å². The number of anilines is 1. The molecule has 4 aromatic rings. The van der Waals surface area contributed by atoms with Crippen molar-refractivity contribution in [2.75, 3.05) is 18.2 Å². The van der Waals surface area contributed by atoms with E-state index < -0.39 is 21.7 Å². The normalized spacial score (nSPS) is 11.5. The lowest BCUT2D eigenvalue weighted by Crippen LogP contribution is -2.15. The molecule has 8 nitrogen and oxygen atoms in total. The first-order chi connectivity index (χ1) is 16.6. The van der Waals surface area contributed by atoms with Gasteiger partial charge in [-0.1, -0.05) is 41.7 Å². The molecule has 2 aromatic heterocycles. The first-order valence-corrected chi connectivity index (χ1v) is 13.6. The van der Waals surface area contributed by atoms with Crippen LogP contribution in [0.5, 0.6) is 0 Å². The lowest BCUT2D eigenvalue weighted by atomic mass is 10.1. The summed E-state index contributed by atoms with van der Waals surface area (Å²) in [4.78, 5) is 30.8. The lowest BCUT2D eigenvalue weighted by Gasteiger charge is -2.12. The number of thiazole rings is 1. The Kier molecular flexibility index (Phi) is 6.77. The van der Waals surface area contributed by atoms with Crippen molar-refractivity contribution in [3.8, 4) is 0 Å². The minimum Gasteiger partial charge on any atom is -0.461 e. The van der Waals surface area contributed by atoms with Gasteiger partial charge in [0.15, 0.2) is 15.0 Å². The Hall–Kier alpha value is -3.50. The Labute approximate surface area is 207 Å². The van der Waals surface area contributed by atoms with Gasteiger partial charge in [-0.2, -0.15) is 0 Å². The summed E-state index contributed by atoms with van der Waals surface area (Å²) in [6.45, 7) is 5.89. The van der Waals surface area contributed by atoms with E-state index in [2.05, 4.69) is 10.3 Å². The van der Waals surface area contributed by atoms with Gasteiger partial charge in [0.1, 0.15) is 5.69 Å². The number of esters is 1. The quantitative estimate of drug-likeness (QED) is 0.364. The summed E-state index contributed by atoms with van der Waals surface area (Å²) in [6, 6.07) is 14.3. The van der Waals surface area contributed by atoms with E-state index in [-0.39, 0.29) is 11.5 Å². The summed E-state index contributed by atoms with van der Waals surface area (Å²) in [6.07, 6.45) is 1.14. The molecule has 0 spiro atoms. The Balaban J connectivity index is 1.71. The van der Waals surface area contributed by atoms with Gasteiger partial charge < -0.3 is 9.30 Å². The highest BCUT2D eigenvalue weighted by Gasteiger charge is 2.28. The molecule has 0 saturated heterocycles. The van der Waals surface area contributed by atoms with Crippen LogP contribution in [-0.4, -0.2) is 42.7 Å². The Morgan fingerprint density at radius 3 is 2.49 bits per heavy atom. The van der Waals surface area contributed by atoms with Crippen molar-refractivity contribution in [2.24, 2.45) is 0 Å². The van der Waals surface area contributed by atoms with Gasteiger partial charge in [0.05, 0.1) is 27.3 Å². The van der Waals surface area contributed by atoms with E-state index in [4.69, 9.17) is 4.74 Å². The SMILES string of the molecule is CCOC(=O)c1c(C)c(C(=O)Nc2nc3ccc(S(C)(=O)=O)cc3s2)c(C)n1Cc1ccccc1. The van der Waals surface area contributed by atoms with Crippen LogP contribution in [0.2, 0.25) is 0 Å². The molecular formula is C25H25N3O5S2. The number of sulfone groups is 1. The van der Waals surface area contributed by atoms with Crippen molar-refractivity contribution in [2.45, 2.75) is 32.2 Å². The third-order valence-electron chi connectivity index (χ3n) is 5.65. The number of nitrogens with zero attached hydrogens (tertiary/aromatic N) is 2. The number of hydrogen-bond acceptors (Lipinski definition) is 7. The van der Waals surface area contributed by atoms with Gasteiger partial charge in [-0.15, -0.1) is 0 Å². The molecule has 1 N–H and O–H groups in total. The average molecular weight is 512 g/mol. The number of rotatable bonds is 7. The van der Waals surface area contributed by atoms with Crippen LogP contribution in [0.1, 0.15) is 44.6 Å². The fraction of sp³-hybridized carbons (Fsp3) is 0.240. The van der Waals surface area contributed by atoms with E-state index in [0.29, 0.717) is 44.4 Å². The predicted octanol–water partition coefficient (Wildman–Crippen LogP) is 4.60. The monoisotopic (exact) mass is 511 g/mol. The second-order valence-electron chi connectivity index (χ2n) is 8.10. The van der Waals surface area contributed by atoms with Gasteiger partial charge in [-0.25, -0.2) is 18.2 Å². The zero-order valence-electron chi connectivity index (χ0n) is 19.8.